The van der Waals surface area contributed by atoms with E-state index in [9.17, 15) is 13.2 Å². The van der Waals surface area contributed by atoms with Crippen LogP contribution in [-0.2, 0) is 4.74 Å². The number of hydrogen-bond acceptors (Lipinski definition) is 1. The summed E-state index contributed by atoms with van der Waals surface area (Å²) in [7, 11) is 0. The fourth-order valence-electron chi connectivity index (χ4n) is 0.861. The van der Waals surface area contributed by atoms with Gasteiger partial charge in [-0.3, -0.25) is 0 Å². The summed E-state index contributed by atoms with van der Waals surface area (Å²) in [6, 6.07) is 0. The second-order valence-corrected chi connectivity index (χ2v) is 2.83. The Bertz CT molecular complexity index is 277. The largest absolute Gasteiger partial charge is 0.362 e. The molecule has 1 fully saturated rings. The van der Waals surface area contributed by atoms with Gasteiger partial charge < -0.3 is 4.74 Å². The van der Waals surface area contributed by atoms with Crippen LogP contribution >= 0.6 is 0 Å². The Kier molecular flexibility index (Phi) is 2.61. The van der Waals surface area contributed by atoms with E-state index in [4.69, 9.17) is 4.74 Å². The predicted molar refractivity (Wildman–Crippen MR) is 43.2 cm³/mol. The molecule has 72 valence electrons. The lowest BCUT2D eigenvalue weighted by Gasteiger charge is -2.08. The molecule has 0 aromatic rings. The van der Waals surface area contributed by atoms with Gasteiger partial charge in [-0.15, -0.1) is 0 Å². The zero-order valence-corrected chi connectivity index (χ0v) is 6.95. The highest BCUT2D eigenvalue weighted by molar-refractivity contribution is 5.38. The highest BCUT2D eigenvalue weighted by Gasteiger charge is 2.49. The topological polar surface area (TPSA) is 12.5 Å². The second-order valence-electron chi connectivity index (χ2n) is 2.83. The van der Waals surface area contributed by atoms with Crippen LogP contribution in [0.4, 0.5) is 13.2 Å². The molecule has 0 spiro atoms. The van der Waals surface area contributed by atoms with Gasteiger partial charge in [0.2, 0.25) is 0 Å². The molecule has 0 aromatic heterocycles. The van der Waals surface area contributed by atoms with Crippen molar-refractivity contribution in [3.05, 3.63) is 36.5 Å². The summed E-state index contributed by atoms with van der Waals surface area (Å²) in [5.41, 5.74) is -1.43. The summed E-state index contributed by atoms with van der Waals surface area (Å²) in [4.78, 5) is 0. The molecule has 0 radical (unpaired) electrons. The molecule has 0 amide bonds. The van der Waals surface area contributed by atoms with E-state index in [1.165, 1.54) is 0 Å². The fourth-order valence-corrected chi connectivity index (χ4v) is 0.861. The van der Waals surface area contributed by atoms with E-state index in [0.717, 1.165) is 0 Å². The van der Waals surface area contributed by atoms with E-state index in [-0.39, 0.29) is 12.2 Å². The van der Waals surface area contributed by atoms with Gasteiger partial charge in [-0.1, -0.05) is 13.2 Å². The third-order valence-electron chi connectivity index (χ3n) is 1.83. The van der Waals surface area contributed by atoms with Crippen LogP contribution in [0.3, 0.4) is 0 Å². The molecule has 0 N–H and O–H groups in total. The van der Waals surface area contributed by atoms with Crippen LogP contribution in [0.15, 0.2) is 36.5 Å². The van der Waals surface area contributed by atoms with Crippen LogP contribution in [0.5, 0.6) is 0 Å². The maximum absolute atomic E-state index is 13.0. The lowest BCUT2D eigenvalue weighted by atomic mass is 10.0. The van der Waals surface area contributed by atoms with Crippen LogP contribution in [0, 0.1) is 0 Å². The zero-order valence-electron chi connectivity index (χ0n) is 6.95. The first-order valence-electron chi connectivity index (χ1n) is 3.63. The number of alkyl halides is 1. The Morgan fingerprint density at radius 2 is 2.00 bits per heavy atom. The van der Waals surface area contributed by atoms with E-state index in [2.05, 4.69) is 13.2 Å². The standard InChI is InChI=1S/C9H9F3O/c1-6(11)3-8(12)7(2)9(4-10)5-13-9/h3H,1-2,4-5H2. The van der Waals surface area contributed by atoms with Gasteiger partial charge in [-0.25, -0.2) is 13.2 Å². The van der Waals surface area contributed by atoms with E-state index in [1.807, 2.05) is 0 Å². The number of allylic oxidation sites excluding steroid dienone is 2. The molecule has 1 rings (SSSR count). The van der Waals surface area contributed by atoms with Crippen molar-refractivity contribution in [1.82, 2.24) is 0 Å². The van der Waals surface area contributed by atoms with Gasteiger partial charge in [0, 0.05) is 11.6 Å². The summed E-state index contributed by atoms with van der Waals surface area (Å²) in [6.45, 7) is 5.37. The van der Waals surface area contributed by atoms with Gasteiger partial charge in [0.1, 0.15) is 23.9 Å². The number of epoxide rings is 1. The summed E-state index contributed by atoms with van der Waals surface area (Å²) >= 11 is 0. The molecular weight excluding hydrogens is 181 g/mol. The molecule has 1 saturated heterocycles. The summed E-state index contributed by atoms with van der Waals surface area (Å²) in [5.74, 6) is -1.86. The van der Waals surface area contributed by atoms with Crippen LogP contribution in [0.1, 0.15) is 0 Å². The molecule has 1 heterocycles. The van der Waals surface area contributed by atoms with E-state index >= 15 is 0 Å². The molecule has 4 heteroatoms. The van der Waals surface area contributed by atoms with E-state index < -0.39 is 23.9 Å². The predicted octanol–water partition coefficient (Wildman–Crippen LogP) is 2.62. The molecule has 1 aliphatic rings. The van der Waals surface area contributed by atoms with Crippen LogP contribution in [0.2, 0.25) is 0 Å². The molecule has 13 heavy (non-hydrogen) atoms. The Morgan fingerprint density at radius 3 is 2.31 bits per heavy atom. The third-order valence-corrected chi connectivity index (χ3v) is 1.83. The first-order chi connectivity index (χ1) is 6.02. The van der Waals surface area contributed by atoms with Crippen molar-refractivity contribution in [1.29, 1.82) is 0 Å². The summed E-state index contributed by atoms with van der Waals surface area (Å²) < 4.78 is 42.1. The molecule has 1 unspecified atom stereocenters. The SMILES string of the molecule is C=C(F)C=C(F)C(=C)C1(CF)CO1. The second kappa shape index (κ2) is 3.38. The molecule has 0 bridgehead atoms. The quantitative estimate of drug-likeness (QED) is 0.490. The van der Waals surface area contributed by atoms with Gasteiger partial charge in [0.05, 0.1) is 6.61 Å². The van der Waals surface area contributed by atoms with Gasteiger partial charge in [-0.2, -0.15) is 0 Å². The highest BCUT2D eigenvalue weighted by Crippen LogP contribution is 2.38. The highest BCUT2D eigenvalue weighted by atomic mass is 19.1. The van der Waals surface area contributed by atoms with Gasteiger partial charge in [0.15, 0.2) is 0 Å². The minimum absolute atomic E-state index is 0.0857. The van der Waals surface area contributed by atoms with Crippen molar-refractivity contribution < 1.29 is 17.9 Å². The van der Waals surface area contributed by atoms with Crippen LogP contribution < -0.4 is 0 Å². The number of rotatable bonds is 4. The number of halogens is 3. The monoisotopic (exact) mass is 190 g/mol. The van der Waals surface area contributed by atoms with Crippen LogP contribution in [0.25, 0.3) is 0 Å². The van der Waals surface area contributed by atoms with Crippen molar-refractivity contribution >= 4 is 0 Å². The van der Waals surface area contributed by atoms with Crippen molar-refractivity contribution in [3.8, 4) is 0 Å². The minimum atomic E-state index is -1.25. The molecule has 1 atom stereocenters. The number of ether oxygens (including phenoxy) is 1. The normalized spacial score (nSPS) is 27.2. The Balaban J connectivity index is 2.73. The Hall–Kier alpha value is -1.03. The van der Waals surface area contributed by atoms with Crippen molar-refractivity contribution in [2.24, 2.45) is 0 Å². The Morgan fingerprint density at radius 1 is 1.46 bits per heavy atom. The maximum Gasteiger partial charge on any atom is 0.147 e. The van der Waals surface area contributed by atoms with Crippen molar-refractivity contribution in [3.63, 3.8) is 0 Å². The average molecular weight is 190 g/mol. The first kappa shape index (κ1) is 10.1. The van der Waals surface area contributed by atoms with E-state index in [1.54, 1.807) is 0 Å². The Labute approximate surface area is 74.2 Å². The minimum Gasteiger partial charge on any atom is -0.362 e. The first-order valence-corrected chi connectivity index (χ1v) is 3.63. The van der Waals surface area contributed by atoms with E-state index in [0.29, 0.717) is 6.08 Å². The fraction of sp³-hybridized carbons (Fsp3) is 0.333. The molecule has 1 aliphatic heterocycles. The van der Waals surface area contributed by atoms with Crippen LogP contribution in [-0.4, -0.2) is 18.9 Å². The number of hydrogen-bond donors (Lipinski definition) is 0. The molecule has 0 aliphatic carbocycles. The molecule has 0 saturated carbocycles. The average Bonchev–Trinajstić information content (AvgIpc) is 2.82. The van der Waals surface area contributed by atoms with Gasteiger partial charge >= 0.3 is 0 Å². The third kappa shape index (κ3) is 2.01. The van der Waals surface area contributed by atoms with Gasteiger partial charge in [-0.05, 0) is 0 Å². The van der Waals surface area contributed by atoms with Crippen molar-refractivity contribution in [2.45, 2.75) is 5.60 Å². The molecule has 1 nitrogen and oxygen atoms in total. The van der Waals surface area contributed by atoms with Crippen molar-refractivity contribution in [2.75, 3.05) is 13.3 Å². The summed E-state index contributed by atoms with van der Waals surface area (Å²) in [6.07, 6.45) is 0.557. The zero-order chi connectivity index (χ0) is 10.1. The lowest BCUT2D eigenvalue weighted by Crippen LogP contribution is -2.17. The maximum atomic E-state index is 13.0. The lowest BCUT2D eigenvalue weighted by molar-refractivity contribution is 0.276. The smallest absolute Gasteiger partial charge is 0.147 e. The van der Waals surface area contributed by atoms with Gasteiger partial charge in [0.25, 0.3) is 0 Å². The molecule has 0 aromatic carbocycles. The molecular formula is C9H9F3O. The summed E-state index contributed by atoms with van der Waals surface area (Å²) in [5, 5.41) is 0.